The SMILES string of the molecule is Cc1nc(NCCS)cc(N(C)CCC(C)C)n1. The van der Waals surface area contributed by atoms with Crippen molar-refractivity contribution in [3.05, 3.63) is 11.9 Å². The number of aryl methyl sites for hydroxylation is 1. The summed E-state index contributed by atoms with van der Waals surface area (Å²) in [5.41, 5.74) is 0. The summed E-state index contributed by atoms with van der Waals surface area (Å²) < 4.78 is 0. The molecule has 0 radical (unpaired) electrons. The maximum absolute atomic E-state index is 4.48. The minimum Gasteiger partial charge on any atom is -0.369 e. The van der Waals surface area contributed by atoms with Gasteiger partial charge >= 0.3 is 0 Å². The van der Waals surface area contributed by atoms with Gasteiger partial charge in [-0.05, 0) is 19.3 Å². The highest BCUT2D eigenvalue weighted by Crippen LogP contribution is 2.15. The second-order valence-electron chi connectivity index (χ2n) is 4.91. The molecule has 5 heteroatoms. The predicted octanol–water partition coefficient (Wildman–Crippen LogP) is 2.61. The molecule has 0 aliphatic carbocycles. The molecule has 1 rings (SSSR count). The first-order chi connectivity index (χ1) is 8.52. The third kappa shape index (κ3) is 5.12. The Morgan fingerprint density at radius 3 is 2.72 bits per heavy atom. The quantitative estimate of drug-likeness (QED) is 0.746. The highest BCUT2D eigenvalue weighted by Gasteiger charge is 2.07. The van der Waals surface area contributed by atoms with Crippen molar-refractivity contribution in [1.82, 2.24) is 9.97 Å². The molecular formula is C13H24N4S. The molecule has 0 atom stereocenters. The van der Waals surface area contributed by atoms with Crippen molar-refractivity contribution >= 4 is 24.3 Å². The second-order valence-corrected chi connectivity index (χ2v) is 5.36. The van der Waals surface area contributed by atoms with Gasteiger partial charge in [0, 0.05) is 32.0 Å². The number of anilines is 2. The van der Waals surface area contributed by atoms with E-state index in [-0.39, 0.29) is 0 Å². The van der Waals surface area contributed by atoms with Crippen molar-refractivity contribution in [3.63, 3.8) is 0 Å². The molecule has 1 aromatic heterocycles. The zero-order valence-electron chi connectivity index (χ0n) is 11.8. The van der Waals surface area contributed by atoms with Crippen molar-refractivity contribution in [2.45, 2.75) is 27.2 Å². The van der Waals surface area contributed by atoms with Crippen LogP contribution >= 0.6 is 12.6 Å². The lowest BCUT2D eigenvalue weighted by Gasteiger charge is -2.20. The van der Waals surface area contributed by atoms with Crippen LogP contribution in [0.2, 0.25) is 0 Å². The van der Waals surface area contributed by atoms with Gasteiger partial charge in [0.25, 0.3) is 0 Å². The maximum atomic E-state index is 4.48. The van der Waals surface area contributed by atoms with E-state index in [1.165, 1.54) is 6.42 Å². The van der Waals surface area contributed by atoms with Crippen LogP contribution in [0.1, 0.15) is 26.1 Å². The van der Waals surface area contributed by atoms with E-state index in [1.54, 1.807) is 0 Å². The summed E-state index contributed by atoms with van der Waals surface area (Å²) in [4.78, 5) is 11.0. The number of thiol groups is 1. The summed E-state index contributed by atoms with van der Waals surface area (Å²) in [6.07, 6.45) is 1.17. The van der Waals surface area contributed by atoms with Gasteiger partial charge in [-0.15, -0.1) is 0 Å². The first kappa shape index (κ1) is 15.1. The van der Waals surface area contributed by atoms with E-state index in [1.807, 2.05) is 13.0 Å². The minimum atomic E-state index is 0.706. The van der Waals surface area contributed by atoms with Gasteiger partial charge in [-0.2, -0.15) is 12.6 Å². The Balaban J connectivity index is 2.71. The Bertz CT molecular complexity index is 368. The van der Waals surface area contributed by atoms with Crippen LogP contribution < -0.4 is 10.2 Å². The average molecular weight is 268 g/mol. The van der Waals surface area contributed by atoms with Crippen LogP contribution in [0.5, 0.6) is 0 Å². The van der Waals surface area contributed by atoms with Crippen LogP contribution in [0.15, 0.2) is 6.07 Å². The fourth-order valence-corrected chi connectivity index (χ4v) is 1.70. The molecule has 1 aromatic rings. The molecule has 18 heavy (non-hydrogen) atoms. The van der Waals surface area contributed by atoms with E-state index in [2.05, 4.69) is 53.7 Å². The minimum absolute atomic E-state index is 0.706. The number of nitrogens with zero attached hydrogens (tertiary/aromatic N) is 3. The number of nitrogens with one attached hydrogen (secondary N) is 1. The van der Waals surface area contributed by atoms with Crippen LogP contribution in [0.4, 0.5) is 11.6 Å². The van der Waals surface area contributed by atoms with E-state index in [0.717, 1.165) is 36.3 Å². The third-order valence-electron chi connectivity index (χ3n) is 2.68. The smallest absolute Gasteiger partial charge is 0.134 e. The van der Waals surface area contributed by atoms with Gasteiger partial charge in [0.2, 0.25) is 0 Å². The summed E-state index contributed by atoms with van der Waals surface area (Å²) in [5.74, 6) is 4.15. The summed E-state index contributed by atoms with van der Waals surface area (Å²) >= 11 is 4.18. The highest BCUT2D eigenvalue weighted by atomic mass is 32.1. The van der Waals surface area contributed by atoms with E-state index >= 15 is 0 Å². The molecule has 4 nitrogen and oxygen atoms in total. The lowest BCUT2D eigenvalue weighted by molar-refractivity contribution is 0.583. The molecule has 0 spiro atoms. The molecule has 102 valence electrons. The number of hydrogen-bond donors (Lipinski definition) is 2. The van der Waals surface area contributed by atoms with Crippen molar-refractivity contribution in [2.75, 3.05) is 36.1 Å². The zero-order valence-corrected chi connectivity index (χ0v) is 12.7. The zero-order chi connectivity index (χ0) is 13.5. The fraction of sp³-hybridized carbons (Fsp3) is 0.692. The Kier molecular flexibility index (Phi) is 6.25. The molecule has 0 aromatic carbocycles. The summed E-state index contributed by atoms with van der Waals surface area (Å²) in [5, 5.41) is 3.24. The maximum Gasteiger partial charge on any atom is 0.134 e. The molecular weight excluding hydrogens is 244 g/mol. The first-order valence-electron chi connectivity index (χ1n) is 6.44. The van der Waals surface area contributed by atoms with Gasteiger partial charge in [-0.25, -0.2) is 9.97 Å². The van der Waals surface area contributed by atoms with Crippen molar-refractivity contribution in [3.8, 4) is 0 Å². The molecule has 0 unspecified atom stereocenters. The first-order valence-corrected chi connectivity index (χ1v) is 7.07. The molecule has 0 aliphatic rings. The van der Waals surface area contributed by atoms with Crippen LogP contribution in [0, 0.1) is 12.8 Å². The van der Waals surface area contributed by atoms with Crippen molar-refractivity contribution < 1.29 is 0 Å². The predicted molar refractivity (Wildman–Crippen MR) is 81.8 cm³/mol. The topological polar surface area (TPSA) is 41.1 Å². The van der Waals surface area contributed by atoms with Gasteiger partial charge in [0.1, 0.15) is 17.5 Å². The Morgan fingerprint density at radius 1 is 1.39 bits per heavy atom. The Morgan fingerprint density at radius 2 is 2.11 bits per heavy atom. The summed E-state index contributed by atoms with van der Waals surface area (Å²) in [7, 11) is 2.08. The van der Waals surface area contributed by atoms with Gasteiger partial charge in [-0.3, -0.25) is 0 Å². The van der Waals surface area contributed by atoms with E-state index in [0.29, 0.717) is 5.92 Å². The number of aromatic nitrogens is 2. The fourth-order valence-electron chi connectivity index (χ4n) is 1.59. The number of hydrogen-bond acceptors (Lipinski definition) is 5. The van der Waals surface area contributed by atoms with E-state index < -0.39 is 0 Å². The molecule has 1 heterocycles. The van der Waals surface area contributed by atoms with Crippen LogP contribution in [-0.2, 0) is 0 Å². The van der Waals surface area contributed by atoms with Crippen LogP contribution in [-0.4, -0.2) is 35.9 Å². The monoisotopic (exact) mass is 268 g/mol. The lowest BCUT2D eigenvalue weighted by atomic mass is 10.1. The standard InChI is InChI=1S/C13H24N4S/c1-10(2)5-7-17(4)13-9-12(14-6-8-18)15-11(3)16-13/h9-10,18H,5-8H2,1-4H3,(H,14,15,16). The van der Waals surface area contributed by atoms with Crippen molar-refractivity contribution in [1.29, 1.82) is 0 Å². The van der Waals surface area contributed by atoms with Crippen molar-refractivity contribution in [2.24, 2.45) is 5.92 Å². The van der Waals surface area contributed by atoms with E-state index in [9.17, 15) is 0 Å². The molecule has 0 saturated carbocycles. The summed E-state index contributed by atoms with van der Waals surface area (Å²) in [6, 6.07) is 2.00. The normalized spacial score (nSPS) is 10.8. The van der Waals surface area contributed by atoms with Crippen LogP contribution in [0.25, 0.3) is 0 Å². The number of rotatable bonds is 7. The molecule has 0 fully saturated rings. The molecule has 0 saturated heterocycles. The highest BCUT2D eigenvalue weighted by molar-refractivity contribution is 7.80. The Hall–Kier alpha value is -0.970. The lowest BCUT2D eigenvalue weighted by Crippen LogP contribution is -2.22. The molecule has 1 N–H and O–H groups in total. The van der Waals surface area contributed by atoms with E-state index in [4.69, 9.17) is 0 Å². The van der Waals surface area contributed by atoms with Gasteiger partial charge in [0.05, 0.1) is 0 Å². The third-order valence-corrected chi connectivity index (χ3v) is 2.90. The Labute approximate surface area is 116 Å². The second kappa shape index (κ2) is 7.46. The van der Waals surface area contributed by atoms with Gasteiger partial charge in [0.15, 0.2) is 0 Å². The largest absolute Gasteiger partial charge is 0.369 e. The van der Waals surface area contributed by atoms with Gasteiger partial charge < -0.3 is 10.2 Å². The van der Waals surface area contributed by atoms with Gasteiger partial charge in [-0.1, -0.05) is 13.8 Å². The summed E-state index contributed by atoms with van der Waals surface area (Å²) in [6.45, 7) is 8.22. The average Bonchev–Trinajstić information content (AvgIpc) is 2.32. The molecule has 0 bridgehead atoms. The molecule has 0 aliphatic heterocycles. The molecule has 0 amide bonds. The van der Waals surface area contributed by atoms with Crippen LogP contribution in [0.3, 0.4) is 0 Å².